The van der Waals surface area contributed by atoms with Gasteiger partial charge in [0.2, 0.25) is 35.4 Å². The molecule has 12 rings (SSSR count). The van der Waals surface area contributed by atoms with Crippen molar-refractivity contribution in [1.82, 2.24) is 14.7 Å². The Morgan fingerprint density at radius 2 is 0.816 bits per heavy atom. The molecule has 9 aliphatic carbocycles. The maximum Gasteiger partial charge on any atom is 0.302 e. The number of nitrogens with zero attached hydrogens (tertiary/aromatic N) is 3. The molecule has 0 aromatic carbocycles. The minimum atomic E-state index is -0.520. The molecule has 3 aliphatic heterocycles. The van der Waals surface area contributed by atoms with Crippen molar-refractivity contribution in [2.45, 2.75) is 228 Å². The molecule has 0 spiro atoms. The Morgan fingerprint density at radius 1 is 0.395 bits per heavy atom. The number of hydrogen-bond acceptors (Lipinski definition) is 12. The molecule has 76 heavy (non-hydrogen) atoms. The van der Waals surface area contributed by atoms with Crippen LogP contribution < -0.4 is 0 Å². The molecule has 15 heteroatoms. The van der Waals surface area contributed by atoms with Crippen LogP contribution in [0.1, 0.15) is 192 Å². The number of likely N-dealkylation sites (tertiary alicyclic amines) is 3. The van der Waals surface area contributed by atoms with Gasteiger partial charge in [-0.15, -0.1) is 0 Å². The Bertz CT molecular complexity index is 2290. The predicted octanol–water partition coefficient (Wildman–Crippen LogP) is 10.2. The van der Waals surface area contributed by atoms with Crippen molar-refractivity contribution < 1.29 is 57.4 Å². The molecule has 432 valence electrons. The van der Waals surface area contributed by atoms with Crippen LogP contribution in [0.4, 0.5) is 0 Å². The van der Waals surface area contributed by atoms with E-state index in [0.29, 0.717) is 71.0 Å². The first kappa shape index (κ1) is 64.4. The van der Waals surface area contributed by atoms with Crippen molar-refractivity contribution in [1.29, 1.82) is 0 Å². The third-order valence-corrected chi connectivity index (χ3v) is 19.9. The minimum Gasteiger partial charge on any atom is -0.463 e. The summed E-state index contributed by atoms with van der Waals surface area (Å²) >= 11 is 0. The molecule has 12 aliphatic rings. The highest BCUT2D eigenvalue weighted by Gasteiger charge is 2.75. The molecule has 12 fully saturated rings. The van der Waals surface area contributed by atoms with Gasteiger partial charge in [0.05, 0.1) is 35.9 Å². The van der Waals surface area contributed by atoms with Crippen LogP contribution in [0.5, 0.6) is 0 Å². The average Bonchev–Trinajstić information content (AvgIpc) is 4.11. The van der Waals surface area contributed by atoms with Crippen molar-refractivity contribution in [3.63, 3.8) is 0 Å². The predicted molar refractivity (Wildman–Crippen MR) is 291 cm³/mol. The summed E-state index contributed by atoms with van der Waals surface area (Å²) in [5.74, 6) is 5.30. The first-order chi connectivity index (χ1) is 32.6. The third kappa shape index (κ3) is 10.0. The monoisotopic (exact) mass is 1070 g/mol. The summed E-state index contributed by atoms with van der Waals surface area (Å²) in [5.41, 5.74) is -1.54. The summed E-state index contributed by atoms with van der Waals surface area (Å²) in [7, 11) is 0. The number of fused-ring (bicyclic) bond motifs is 22. The fourth-order valence-corrected chi connectivity index (χ4v) is 17.7. The maximum atomic E-state index is 12.8. The lowest BCUT2D eigenvalue weighted by Gasteiger charge is -2.55. The van der Waals surface area contributed by atoms with Gasteiger partial charge in [0, 0.05) is 37.0 Å². The molecule has 6 amide bonds. The van der Waals surface area contributed by atoms with E-state index >= 15 is 0 Å². The SMILES string of the molecule is C.C.C.C.C.C.CC(=O)OC1CC2C(C1)C1CC2C2C(=O)N(C(=O)C(C)(C)C)C12.CC(=O)OC1CC2CC1C1C3CC(C21)C1C3C(=O)N1C(=O)C(C)(C)C.CC(=O)OC1CC2CC3C(=O)N(C(=O)C(C)(C)C)C3CC2C1. The minimum absolute atomic E-state index is 0. The van der Waals surface area contributed by atoms with Crippen LogP contribution in [0.25, 0.3) is 0 Å². The largest absolute Gasteiger partial charge is 0.463 e. The van der Waals surface area contributed by atoms with Gasteiger partial charge in [-0.1, -0.05) is 107 Å². The molecular formula is C61H101N3O12. The van der Waals surface area contributed by atoms with Crippen LogP contribution in [-0.4, -0.2) is 104 Å². The van der Waals surface area contributed by atoms with Gasteiger partial charge in [0.1, 0.15) is 18.3 Å². The average molecular weight is 1070 g/mol. The van der Waals surface area contributed by atoms with Gasteiger partial charge in [0.15, 0.2) is 0 Å². The van der Waals surface area contributed by atoms with E-state index in [1.165, 1.54) is 25.7 Å². The first-order valence-corrected chi connectivity index (χ1v) is 26.7. The van der Waals surface area contributed by atoms with E-state index in [2.05, 4.69) is 0 Å². The number of amides is 6. The second-order valence-electron chi connectivity index (χ2n) is 27.0. The number of rotatable bonds is 3. The van der Waals surface area contributed by atoms with E-state index < -0.39 is 16.2 Å². The van der Waals surface area contributed by atoms with Gasteiger partial charge in [0.25, 0.3) is 0 Å². The number of ether oxygens (including phenoxy) is 3. The van der Waals surface area contributed by atoms with Gasteiger partial charge in [-0.2, -0.15) is 0 Å². The Balaban J connectivity index is 0.000000238. The zero-order chi connectivity index (χ0) is 50.7. The molecule has 3 saturated heterocycles. The molecule has 0 N–H and O–H groups in total. The van der Waals surface area contributed by atoms with Crippen LogP contribution in [0.3, 0.4) is 0 Å². The summed E-state index contributed by atoms with van der Waals surface area (Å²) in [5, 5.41) is 0. The fourth-order valence-electron chi connectivity index (χ4n) is 17.7. The van der Waals surface area contributed by atoms with Crippen LogP contribution in [0, 0.1) is 105 Å². The van der Waals surface area contributed by atoms with Crippen LogP contribution in [0.2, 0.25) is 0 Å². The fraction of sp³-hybridized carbons (Fsp3) is 0.852. The Kier molecular flexibility index (Phi) is 18.5. The Morgan fingerprint density at radius 3 is 1.30 bits per heavy atom. The quantitative estimate of drug-likeness (QED) is 0.113. The number of carbonyl (C=O) groups is 9. The van der Waals surface area contributed by atoms with Crippen molar-refractivity contribution in [2.75, 3.05) is 0 Å². The number of hydrogen-bond donors (Lipinski definition) is 0. The third-order valence-electron chi connectivity index (χ3n) is 19.9. The molecule has 0 radical (unpaired) electrons. The number of carbonyl (C=O) groups excluding carboxylic acids is 9. The van der Waals surface area contributed by atoms with Gasteiger partial charge in [-0.05, 0) is 135 Å². The molecule has 6 bridgehead atoms. The molecular weight excluding hydrogens is 967 g/mol. The van der Waals surface area contributed by atoms with Gasteiger partial charge in [-0.25, -0.2) is 0 Å². The van der Waals surface area contributed by atoms with Crippen LogP contribution in [0.15, 0.2) is 0 Å². The Hall–Kier alpha value is -4.17. The first-order valence-electron chi connectivity index (χ1n) is 26.7. The van der Waals surface area contributed by atoms with Crippen LogP contribution in [-0.2, 0) is 57.4 Å². The zero-order valence-electron chi connectivity index (χ0n) is 43.4. The molecule has 3 heterocycles. The van der Waals surface area contributed by atoms with E-state index in [0.717, 1.165) is 64.2 Å². The summed E-state index contributed by atoms with van der Waals surface area (Å²) in [4.78, 5) is 114. The van der Waals surface area contributed by atoms with E-state index in [9.17, 15) is 43.2 Å². The smallest absolute Gasteiger partial charge is 0.302 e. The number of esters is 3. The lowest BCUT2D eigenvalue weighted by molar-refractivity contribution is -0.182. The molecule has 0 aromatic rings. The molecule has 21 atom stereocenters. The lowest BCUT2D eigenvalue weighted by Crippen LogP contribution is -2.69. The molecule has 21 unspecified atom stereocenters. The van der Waals surface area contributed by atoms with Crippen molar-refractivity contribution in [3.05, 3.63) is 0 Å². The standard InChI is InChI=1S/C20H27NO4.C18H25NO4.C17H25NO4.6CH4/c1-8(22)25-13-6-9-5-10(13)15-11-7-12(14(9)15)17-16(11)18(23)21(17)19(24)20(2,3)4;1-8(20)23-9-5-10-11(6-9)13-7-12(10)14-15(13)19(16(14)21)17(22)18(2,3)4;1-9(19)22-12-5-10-7-13-14(8-11(10)6-12)18(15(13)20)16(21)17(2,3)4;;;;;;/h9-17H,5-7H2,1-4H3;9-15H,5-7H2,1-4H3;10-14H,5-8H2,1-4H3;6*1H4. The molecule has 15 nitrogen and oxygen atoms in total. The van der Waals surface area contributed by atoms with Gasteiger partial charge >= 0.3 is 17.9 Å². The van der Waals surface area contributed by atoms with E-state index in [-0.39, 0.29) is 152 Å². The second-order valence-corrected chi connectivity index (χ2v) is 27.0. The highest BCUT2D eigenvalue weighted by atomic mass is 16.6. The van der Waals surface area contributed by atoms with Crippen molar-refractivity contribution in [2.24, 2.45) is 105 Å². The highest BCUT2D eigenvalue weighted by molar-refractivity contribution is 6.06. The lowest BCUT2D eigenvalue weighted by atomic mass is 9.61. The highest BCUT2D eigenvalue weighted by Crippen LogP contribution is 2.72. The van der Waals surface area contributed by atoms with E-state index in [4.69, 9.17) is 14.2 Å². The van der Waals surface area contributed by atoms with E-state index in [1.807, 2.05) is 62.3 Å². The number of β-lactam (4-membered cyclic amide) rings is 3. The summed E-state index contributed by atoms with van der Waals surface area (Å²) in [6.07, 6.45) is 9.60. The summed E-state index contributed by atoms with van der Waals surface area (Å²) in [6, 6.07) is 0.324. The summed E-state index contributed by atoms with van der Waals surface area (Å²) in [6.45, 7) is 21.3. The topological polar surface area (TPSA) is 191 Å². The molecule has 0 aromatic heterocycles. The number of imide groups is 3. The zero-order valence-corrected chi connectivity index (χ0v) is 43.4. The second kappa shape index (κ2) is 21.8. The Labute approximate surface area is 457 Å². The maximum absolute atomic E-state index is 12.8. The van der Waals surface area contributed by atoms with Crippen LogP contribution >= 0.6 is 0 Å². The van der Waals surface area contributed by atoms with Gasteiger partial charge < -0.3 is 14.2 Å². The molecule has 9 saturated carbocycles. The van der Waals surface area contributed by atoms with Crippen molar-refractivity contribution >= 4 is 53.4 Å². The van der Waals surface area contributed by atoms with Gasteiger partial charge in [-0.3, -0.25) is 57.9 Å². The van der Waals surface area contributed by atoms with Crippen molar-refractivity contribution in [3.8, 4) is 0 Å². The normalized spacial score (nSPS) is 40.2. The summed E-state index contributed by atoms with van der Waals surface area (Å²) < 4.78 is 16.3. The van der Waals surface area contributed by atoms with E-state index in [1.54, 1.807) is 9.80 Å².